The molecule has 168 valence electrons. The lowest BCUT2D eigenvalue weighted by Crippen LogP contribution is -2.38. The van der Waals surface area contributed by atoms with Crippen molar-refractivity contribution in [3.63, 3.8) is 0 Å². The fourth-order valence-corrected chi connectivity index (χ4v) is 4.41. The summed E-state index contributed by atoms with van der Waals surface area (Å²) in [5.41, 5.74) is 1.94. The zero-order valence-corrected chi connectivity index (χ0v) is 21.2. The van der Waals surface area contributed by atoms with Crippen LogP contribution in [-0.2, 0) is 23.1 Å². The third kappa shape index (κ3) is 6.20. The standard InChI is InChI=1S/C22H29N5O2S.HI/c1-23-22(24-14-8-15-27-16-13-18-9-4-6-11-20(18)27)25-17-19-10-5-7-12-21(19)30(28,29)26(2)3;/h4-7,9-13,16H,8,14-15,17H2,1-3H3,(H2,23,24,25);1H. The Morgan fingerprint density at radius 1 is 1.03 bits per heavy atom. The van der Waals surface area contributed by atoms with Gasteiger partial charge in [0.1, 0.15) is 0 Å². The molecular weight excluding hydrogens is 525 g/mol. The van der Waals surface area contributed by atoms with Crippen LogP contribution in [0.1, 0.15) is 12.0 Å². The van der Waals surface area contributed by atoms with Gasteiger partial charge in [0.05, 0.1) is 4.90 Å². The van der Waals surface area contributed by atoms with E-state index in [0.29, 0.717) is 23.0 Å². The molecule has 0 amide bonds. The lowest BCUT2D eigenvalue weighted by atomic mass is 10.2. The molecule has 0 unspecified atom stereocenters. The minimum Gasteiger partial charge on any atom is -0.356 e. The molecule has 7 nitrogen and oxygen atoms in total. The fraction of sp³-hybridized carbons (Fsp3) is 0.318. The number of hydrogen-bond acceptors (Lipinski definition) is 3. The number of hydrogen-bond donors (Lipinski definition) is 2. The van der Waals surface area contributed by atoms with E-state index < -0.39 is 10.0 Å². The van der Waals surface area contributed by atoms with Crippen molar-refractivity contribution in [3.05, 3.63) is 66.4 Å². The van der Waals surface area contributed by atoms with Crippen molar-refractivity contribution in [2.24, 2.45) is 4.99 Å². The number of rotatable bonds is 8. The first-order chi connectivity index (χ1) is 14.4. The molecule has 9 heteroatoms. The van der Waals surface area contributed by atoms with Crippen LogP contribution in [0.15, 0.2) is 70.7 Å². The van der Waals surface area contributed by atoms with Crippen molar-refractivity contribution < 1.29 is 8.42 Å². The monoisotopic (exact) mass is 555 g/mol. The first-order valence-electron chi connectivity index (χ1n) is 9.92. The minimum atomic E-state index is -3.50. The number of guanidine groups is 1. The van der Waals surface area contributed by atoms with Crippen LogP contribution in [0, 0.1) is 0 Å². The Morgan fingerprint density at radius 3 is 2.48 bits per heavy atom. The van der Waals surface area contributed by atoms with Gasteiger partial charge in [-0.2, -0.15) is 0 Å². The average Bonchev–Trinajstić information content (AvgIpc) is 3.16. The number of aryl methyl sites for hydroxylation is 1. The van der Waals surface area contributed by atoms with Crippen LogP contribution in [0.2, 0.25) is 0 Å². The van der Waals surface area contributed by atoms with Crippen LogP contribution in [0.4, 0.5) is 0 Å². The van der Waals surface area contributed by atoms with Crippen LogP contribution in [0.5, 0.6) is 0 Å². The summed E-state index contributed by atoms with van der Waals surface area (Å²) in [6, 6.07) is 17.5. The van der Waals surface area contributed by atoms with Crippen LogP contribution >= 0.6 is 24.0 Å². The topological polar surface area (TPSA) is 78.7 Å². The van der Waals surface area contributed by atoms with Gasteiger partial charge in [-0.15, -0.1) is 24.0 Å². The first kappa shape index (κ1) is 25.2. The largest absolute Gasteiger partial charge is 0.356 e. The smallest absolute Gasteiger partial charge is 0.242 e. The number of sulfonamides is 1. The minimum absolute atomic E-state index is 0. The maximum absolute atomic E-state index is 12.5. The van der Waals surface area contributed by atoms with E-state index in [0.717, 1.165) is 19.5 Å². The summed E-state index contributed by atoms with van der Waals surface area (Å²) >= 11 is 0. The quantitative estimate of drug-likeness (QED) is 0.194. The van der Waals surface area contributed by atoms with Gasteiger partial charge in [-0.3, -0.25) is 4.99 Å². The molecule has 0 aliphatic heterocycles. The van der Waals surface area contributed by atoms with Crippen LogP contribution < -0.4 is 10.6 Å². The highest BCUT2D eigenvalue weighted by Gasteiger charge is 2.20. The van der Waals surface area contributed by atoms with Crippen LogP contribution in [-0.4, -0.2) is 50.9 Å². The summed E-state index contributed by atoms with van der Waals surface area (Å²) in [5.74, 6) is 0.643. The molecule has 2 aromatic carbocycles. The number of benzene rings is 2. The predicted octanol–water partition coefficient (Wildman–Crippen LogP) is 3.26. The first-order valence-corrected chi connectivity index (χ1v) is 11.4. The lowest BCUT2D eigenvalue weighted by molar-refractivity contribution is 0.519. The van der Waals surface area contributed by atoms with E-state index in [1.807, 2.05) is 18.2 Å². The van der Waals surface area contributed by atoms with Gasteiger partial charge in [0.2, 0.25) is 10.0 Å². The Labute approximate surface area is 201 Å². The highest BCUT2D eigenvalue weighted by Crippen LogP contribution is 2.18. The molecule has 2 N–H and O–H groups in total. The van der Waals surface area contributed by atoms with Crippen molar-refractivity contribution in [1.82, 2.24) is 19.5 Å². The third-order valence-electron chi connectivity index (χ3n) is 4.95. The number of fused-ring (bicyclic) bond motifs is 1. The zero-order chi connectivity index (χ0) is 21.6. The Morgan fingerprint density at radius 2 is 1.74 bits per heavy atom. The summed E-state index contributed by atoms with van der Waals surface area (Å²) in [5, 5.41) is 7.75. The summed E-state index contributed by atoms with van der Waals surface area (Å²) in [6.45, 7) is 2.02. The summed E-state index contributed by atoms with van der Waals surface area (Å²) in [4.78, 5) is 4.55. The van der Waals surface area contributed by atoms with Gasteiger partial charge < -0.3 is 15.2 Å². The Hall–Kier alpha value is -2.11. The molecule has 0 atom stereocenters. The molecule has 0 radical (unpaired) electrons. The van der Waals surface area contributed by atoms with Crippen molar-refractivity contribution in [3.8, 4) is 0 Å². The van der Waals surface area contributed by atoms with E-state index in [-0.39, 0.29) is 24.0 Å². The molecule has 0 fully saturated rings. The van der Waals surface area contributed by atoms with Crippen LogP contribution in [0.3, 0.4) is 0 Å². The highest BCUT2D eigenvalue weighted by atomic mass is 127. The normalized spacial score (nSPS) is 12.1. The van der Waals surface area contributed by atoms with Gasteiger partial charge in [-0.25, -0.2) is 12.7 Å². The number of aromatic nitrogens is 1. The van der Waals surface area contributed by atoms with Gasteiger partial charge in [0, 0.05) is 52.5 Å². The molecule has 0 aliphatic rings. The number of para-hydroxylation sites is 1. The van der Waals surface area contributed by atoms with E-state index in [4.69, 9.17) is 0 Å². The predicted molar refractivity (Wildman–Crippen MR) is 137 cm³/mol. The second kappa shape index (κ2) is 11.5. The van der Waals surface area contributed by atoms with E-state index in [9.17, 15) is 8.42 Å². The van der Waals surface area contributed by atoms with Gasteiger partial charge in [0.15, 0.2) is 5.96 Å². The number of nitrogens with one attached hydrogen (secondary N) is 2. The molecule has 0 aliphatic carbocycles. The molecule has 31 heavy (non-hydrogen) atoms. The van der Waals surface area contributed by atoms with Gasteiger partial charge >= 0.3 is 0 Å². The van der Waals surface area contributed by atoms with Crippen molar-refractivity contribution in [1.29, 1.82) is 0 Å². The van der Waals surface area contributed by atoms with Crippen molar-refractivity contribution >= 4 is 50.9 Å². The molecule has 0 saturated carbocycles. The van der Waals surface area contributed by atoms with Crippen molar-refractivity contribution in [2.75, 3.05) is 27.7 Å². The van der Waals surface area contributed by atoms with Gasteiger partial charge in [-0.1, -0.05) is 36.4 Å². The van der Waals surface area contributed by atoms with E-state index in [2.05, 4.69) is 50.7 Å². The summed E-state index contributed by atoms with van der Waals surface area (Å²) < 4.78 is 28.5. The van der Waals surface area contributed by atoms with E-state index >= 15 is 0 Å². The molecular formula is C22H30IN5O2S. The van der Waals surface area contributed by atoms with Gasteiger partial charge in [-0.05, 0) is 35.6 Å². The molecule has 1 heterocycles. The third-order valence-corrected chi connectivity index (χ3v) is 6.87. The Kier molecular flexibility index (Phi) is 9.32. The second-order valence-corrected chi connectivity index (χ2v) is 9.29. The molecule has 0 spiro atoms. The lowest BCUT2D eigenvalue weighted by Gasteiger charge is -2.17. The molecule has 1 aromatic heterocycles. The molecule has 0 bridgehead atoms. The molecule has 3 rings (SSSR count). The van der Waals surface area contributed by atoms with E-state index in [1.54, 1.807) is 19.2 Å². The summed E-state index contributed by atoms with van der Waals surface area (Å²) in [6.07, 6.45) is 3.05. The average molecular weight is 555 g/mol. The molecule has 3 aromatic rings. The van der Waals surface area contributed by atoms with E-state index in [1.165, 1.54) is 29.3 Å². The zero-order valence-electron chi connectivity index (χ0n) is 18.1. The van der Waals surface area contributed by atoms with Crippen LogP contribution in [0.25, 0.3) is 10.9 Å². The number of nitrogens with zero attached hydrogens (tertiary/aromatic N) is 3. The molecule has 0 saturated heterocycles. The highest BCUT2D eigenvalue weighted by molar-refractivity contribution is 14.0. The fourth-order valence-electron chi connectivity index (χ4n) is 3.29. The maximum Gasteiger partial charge on any atom is 0.242 e. The van der Waals surface area contributed by atoms with Crippen molar-refractivity contribution in [2.45, 2.75) is 24.4 Å². The Bertz CT molecular complexity index is 1130. The summed E-state index contributed by atoms with van der Waals surface area (Å²) in [7, 11) is 1.28. The Balaban J connectivity index is 0.00000341. The number of aliphatic imine (C=N–C) groups is 1. The second-order valence-electron chi connectivity index (χ2n) is 7.17. The maximum atomic E-state index is 12.5. The van der Waals surface area contributed by atoms with Gasteiger partial charge in [0.25, 0.3) is 0 Å². The SMILES string of the molecule is CN=C(NCCCn1ccc2ccccc21)NCc1ccccc1S(=O)(=O)N(C)C.I. The number of halogens is 1.